The van der Waals surface area contributed by atoms with Crippen LogP contribution >= 0.6 is 11.3 Å². The van der Waals surface area contributed by atoms with E-state index in [1.165, 1.54) is 5.56 Å². The molecule has 1 aromatic carbocycles. The number of pyridine rings is 1. The van der Waals surface area contributed by atoms with E-state index in [9.17, 15) is 4.79 Å². The van der Waals surface area contributed by atoms with Crippen LogP contribution in [-0.2, 0) is 12.0 Å². The monoisotopic (exact) mass is 447 g/mol. The van der Waals surface area contributed by atoms with Gasteiger partial charge in [0.25, 0.3) is 5.91 Å². The summed E-state index contributed by atoms with van der Waals surface area (Å²) in [5, 5.41) is 12.0. The van der Waals surface area contributed by atoms with Gasteiger partial charge in [-0.15, -0.1) is 11.3 Å². The number of nitrogens with zero attached hydrogens (tertiary/aromatic N) is 4. The van der Waals surface area contributed by atoms with Crippen LogP contribution in [-0.4, -0.2) is 44.5 Å². The van der Waals surface area contributed by atoms with Crippen molar-refractivity contribution in [3.8, 4) is 11.4 Å². The quantitative estimate of drug-likeness (QED) is 0.345. The number of hydrogen-bond acceptors (Lipinski definition) is 6. The van der Waals surface area contributed by atoms with E-state index in [0.29, 0.717) is 5.56 Å². The van der Waals surface area contributed by atoms with Gasteiger partial charge in [-0.25, -0.2) is 15.4 Å². The highest BCUT2D eigenvalue weighted by Gasteiger charge is 2.48. The number of carbonyl (C=O) groups is 1. The highest BCUT2D eigenvalue weighted by Crippen LogP contribution is 2.54. The van der Waals surface area contributed by atoms with Crippen LogP contribution in [0.2, 0.25) is 0 Å². The lowest BCUT2D eigenvalue weighted by Crippen LogP contribution is -2.18. The van der Waals surface area contributed by atoms with Gasteiger partial charge < -0.3 is 4.90 Å². The summed E-state index contributed by atoms with van der Waals surface area (Å²) in [6, 6.07) is 11.7. The van der Waals surface area contributed by atoms with Gasteiger partial charge in [-0.2, -0.15) is 0 Å². The number of amides is 1. The number of thiazole rings is 1. The first-order valence-electron chi connectivity index (χ1n) is 10.5. The van der Waals surface area contributed by atoms with E-state index in [-0.39, 0.29) is 5.41 Å². The molecule has 3 aromatic heterocycles. The predicted molar refractivity (Wildman–Crippen MR) is 124 cm³/mol. The summed E-state index contributed by atoms with van der Waals surface area (Å²) in [5.41, 5.74) is 8.27. The van der Waals surface area contributed by atoms with Gasteiger partial charge >= 0.3 is 0 Å². The summed E-state index contributed by atoms with van der Waals surface area (Å²) in [6.45, 7) is 2.91. The zero-order valence-corrected chi connectivity index (χ0v) is 19.1. The SMILES string of the molecule is Cc1nc2cc(CN(C)C)ccn2c1-c1csc(C2(c3ccc(C(=O)NO)cc3)CC2)n1. The van der Waals surface area contributed by atoms with Crippen LogP contribution in [0.3, 0.4) is 0 Å². The van der Waals surface area contributed by atoms with Gasteiger partial charge in [0, 0.05) is 29.1 Å². The standard InChI is InChI=1S/C24H25N5O2S/c1-15-21(29-11-8-16(13-28(2)3)12-20(29)25-15)19-14-32-23(26-19)24(9-10-24)18-6-4-17(5-7-18)22(30)27-31/h4-8,11-12,14,31H,9-10,13H2,1-3H3,(H,27,30). The number of rotatable bonds is 6. The average molecular weight is 448 g/mol. The molecular formula is C24H25N5O2S. The smallest absolute Gasteiger partial charge is 0.274 e. The van der Waals surface area contributed by atoms with Crippen molar-refractivity contribution in [1.82, 2.24) is 24.7 Å². The second kappa shape index (κ2) is 7.81. The molecule has 1 fully saturated rings. The summed E-state index contributed by atoms with van der Waals surface area (Å²) < 4.78 is 2.12. The molecule has 164 valence electrons. The van der Waals surface area contributed by atoms with E-state index in [2.05, 4.69) is 47.1 Å². The predicted octanol–water partition coefficient (Wildman–Crippen LogP) is 4.03. The number of hydrogen-bond donors (Lipinski definition) is 2. The van der Waals surface area contributed by atoms with E-state index in [1.54, 1.807) is 28.9 Å². The van der Waals surface area contributed by atoms with Crippen LogP contribution in [0.4, 0.5) is 0 Å². The number of aryl methyl sites for hydroxylation is 1. The van der Waals surface area contributed by atoms with Gasteiger partial charge in [0.2, 0.25) is 0 Å². The second-order valence-corrected chi connectivity index (χ2v) is 9.54. The fraction of sp³-hybridized carbons (Fsp3) is 0.292. The Kier molecular flexibility index (Phi) is 5.08. The maximum atomic E-state index is 11.6. The number of fused-ring (bicyclic) bond motifs is 1. The summed E-state index contributed by atoms with van der Waals surface area (Å²) >= 11 is 1.68. The van der Waals surface area contributed by atoms with Crippen molar-refractivity contribution in [2.45, 2.75) is 31.7 Å². The molecule has 0 radical (unpaired) electrons. The Morgan fingerprint density at radius 2 is 1.97 bits per heavy atom. The molecule has 1 aliphatic carbocycles. The van der Waals surface area contributed by atoms with Gasteiger partial charge in [0.15, 0.2) is 0 Å². The molecule has 5 rings (SSSR count). The Hall–Kier alpha value is -3.07. The topological polar surface area (TPSA) is 82.8 Å². The van der Waals surface area contributed by atoms with Crippen LogP contribution in [0.1, 0.15) is 45.0 Å². The van der Waals surface area contributed by atoms with Crippen molar-refractivity contribution in [1.29, 1.82) is 0 Å². The molecule has 0 spiro atoms. The molecule has 0 saturated heterocycles. The Bertz CT molecular complexity index is 1300. The van der Waals surface area contributed by atoms with Gasteiger partial charge in [-0.1, -0.05) is 12.1 Å². The summed E-state index contributed by atoms with van der Waals surface area (Å²) in [6.07, 6.45) is 4.15. The van der Waals surface area contributed by atoms with Crippen molar-refractivity contribution in [2.24, 2.45) is 0 Å². The molecule has 8 heteroatoms. The Labute approximate surface area is 190 Å². The number of aromatic nitrogens is 3. The van der Waals surface area contributed by atoms with Crippen molar-refractivity contribution >= 4 is 22.9 Å². The highest BCUT2D eigenvalue weighted by atomic mass is 32.1. The van der Waals surface area contributed by atoms with Crippen LogP contribution < -0.4 is 5.48 Å². The van der Waals surface area contributed by atoms with Crippen molar-refractivity contribution in [3.63, 3.8) is 0 Å². The first kappa shape index (κ1) is 20.8. The molecule has 1 amide bonds. The maximum Gasteiger partial charge on any atom is 0.274 e. The van der Waals surface area contributed by atoms with Crippen molar-refractivity contribution in [3.05, 3.63) is 75.4 Å². The van der Waals surface area contributed by atoms with Gasteiger partial charge in [-0.3, -0.25) is 14.4 Å². The molecular weight excluding hydrogens is 422 g/mol. The number of carbonyl (C=O) groups excluding carboxylic acids is 1. The highest BCUT2D eigenvalue weighted by molar-refractivity contribution is 7.10. The van der Waals surface area contributed by atoms with Crippen molar-refractivity contribution < 1.29 is 10.0 Å². The Balaban J connectivity index is 1.48. The van der Waals surface area contributed by atoms with E-state index < -0.39 is 5.91 Å². The molecule has 0 aliphatic heterocycles. The minimum Gasteiger partial charge on any atom is -0.305 e. The zero-order valence-electron chi connectivity index (χ0n) is 18.3. The normalized spacial score (nSPS) is 14.8. The number of benzene rings is 1. The van der Waals surface area contributed by atoms with Gasteiger partial charge in [-0.05, 0) is 69.3 Å². The summed E-state index contributed by atoms with van der Waals surface area (Å²) in [7, 11) is 4.12. The third kappa shape index (κ3) is 3.50. The van der Waals surface area contributed by atoms with Gasteiger partial charge in [0.1, 0.15) is 16.3 Å². The third-order valence-electron chi connectivity index (χ3n) is 6.07. The summed E-state index contributed by atoms with van der Waals surface area (Å²) in [5.74, 6) is -0.505. The molecule has 0 bridgehead atoms. The molecule has 4 aromatic rings. The Morgan fingerprint density at radius 1 is 1.22 bits per heavy atom. The minimum absolute atomic E-state index is 0.0928. The van der Waals surface area contributed by atoms with Crippen LogP contribution in [0.25, 0.3) is 17.0 Å². The number of nitrogens with one attached hydrogen (secondary N) is 1. The lowest BCUT2D eigenvalue weighted by molar-refractivity contribution is 0.0706. The van der Waals surface area contributed by atoms with Crippen LogP contribution in [0, 0.1) is 6.92 Å². The lowest BCUT2D eigenvalue weighted by atomic mass is 9.95. The maximum absolute atomic E-state index is 11.6. The second-order valence-electron chi connectivity index (χ2n) is 8.69. The van der Waals surface area contributed by atoms with E-state index >= 15 is 0 Å². The molecule has 32 heavy (non-hydrogen) atoms. The molecule has 1 saturated carbocycles. The van der Waals surface area contributed by atoms with E-state index in [4.69, 9.17) is 15.2 Å². The summed E-state index contributed by atoms with van der Waals surface area (Å²) in [4.78, 5) is 23.6. The molecule has 7 nitrogen and oxygen atoms in total. The first-order chi connectivity index (χ1) is 15.4. The first-order valence-corrected chi connectivity index (χ1v) is 11.4. The molecule has 3 heterocycles. The lowest BCUT2D eigenvalue weighted by Gasteiger charge is -2.13. The van der Waals surface area contributed by atoms with Gasteiger partial charge in [0.05, 0.1) is 11.4 Å². The molecule has 0 atom stereocenters. The fourth-order valence-electron chi connectivity index (χ4n) is 4.34. The average Bonchev–Trinajstić information content (AvgIpc) is 3.32. The van der Waals surface area contributed by atoms with Crippen LogP contribution in [0.5, 0.6) is 0 Å². The zero-order chi connectivity index (χ0) is 22.5. The van der Waals surface area contributed by atoms with E-state index in [1.807, 2.05) is 19.1 Å². The van der Waals surface area contributed by atoms with Crippen LogP contribution in [0.15, 0.2) is 48.0 Å². The third-order valence-corrected chi connectivity index (χ3v) is 7.12. The number of hydroxylamine groups is 1. The minimum atomic E-state index is -0.505. The fourth-order valence-corrected chi connectivity index (χ4v) is 5.42. The Morgan fingerprint density at radius 3 is 2.62 bits per heavy atom. The van der Waals surface area contributed by atoms with Crippen molar-refractivity contribution in [2.75, 3.05) is 14.1 Å². The van der Waals surface area contributed by atoms with E-state index in [0.717, 1.165) is 52.7 Å². The molecule has 0 unspecified atom stereocenters. The largest absolute Gasteiger partial charge is 0.305 e. The molecule has 1 aliphatic rings. The molecule has 2 N–H and O–H groups in total. The number of imidazole rings is 1.